The predicted octanol–water partition coefficient (Wildman–Crippen LogP) is 4.46. The van der Waals surface area contributed by atoms with Gasteiger partial charge in [0.1, 0.15) is 0 Å². The van der Waals surface area contributed by atoms with Crippen LogP contribution in [0.15, 0.2) is 52.0 Å². The lowest BCUT2D eigenvalue weighted by Crippen LogP contribution is -2.39. The van der Waals surface area contributed by atoms with Gasteiger partial charge in [-0.25, -0.2) is 0 Å². The predicted molar refractivity (Wildman–Crippen MR) is 109 cm³/mol. The molecule has 0 aliphatic carbocycles. The molecule has 1 aliphatic heterocycles. The average molecular weight is 395 g/mol. The first-order chi connectivity index (χ1) is 12.3. The van der Waals surface area contributed by atoms with Crippen molar-refractivity contribution in [1.29, 1.82) is 0 Å². The van der Waals surface area contributed by atoms with Crippen molar-refractivity contribution in [2.75, 3.05) is 26.7 Å². The summed E-state index contributed by atoms with van der Waals surface area (Å²) in [5.74, 6) is 2.03. The number of nitrogens with one attached hydrogen (secondary N) is 1. The van der Waals surface area contributed by atoms with Crippen LogP contribution >= 0.6 is 24.2 Å². The Bertz CT molecular complexity index is 669. The smallest absolute Gasteiger partial charge is 0.289 e. The van der Waals surface area contributed by atoms with E-state index in [4.69, 9.17) is 4.42 Å². The van der Waals surface area contributed by atoms with Crippen LogP contribution in [0.5, 0.6) is 0 Å². The molecule has 142 valence electrons. The molecule has 0 bridgehead atoms. The molecule has 2 aromatic rings. The second kappa shape index (κ2) is 10.7. The number of piperidine rings is 1. The number of benzene rings is 1. The summed E-state index contributed by atoms with van der Waals surface area (Å²) in [6.45, 7) is 2.72. The van der Waals surface area contributed by atoms with E-state index in [1.807, 2.05) is 36.2 Å². The average Bonchev–Trinajstić information content (AvgIpc) is 3.14. The quantitative estimate of drug-likeness (QED) is 0.704. The summed E-state index contributed by atoms with van der Waals surface area (Å²) in [5.41, 5.74) is 0.983. The minimum Gasteiger partial charge on any atom is -0.459 e. The Balaban J connectivity index is 0.00000243. The molecule has 1 N–H and O–H groups in total. The summed E-state index contributed by atoms with van der Waals surface area (Å²) in [7, 11) is 1.99. The largest absolute Gasteiger partial charge is 0.459 e. The second-order valence-electron chi connectivity index (χ2n) is 6.50. The van der Waals surface area contributed by atoms with Crippen molar-refractivity contribution >= 4 is 30.1 Å². The monoisotopic (exact) mass is 394 g/mol. The van der Waals surface area contributed by atoms with Gasteiger partial charge in [0.05, 0.1) is 6.26 Å². The summed E-state index contributed by atoms with van der Waals surface area (Å²) >= 11 is 1.73. The normalized spacial score (nSPS) is 14.9. The van der Waals surface area contributed by atoms with Crippen molar-refractivity contribution in [3.8, 4) is 0 Å². The van der Waals surface area contributed by atoms with Gasteiger partial charge in [-0.05, 0) is 57.0 Å². The number of halogens is 1. The van der Waals surface area contributed by atoms with Gasteiger partial charge in [-0.15, -0.1) is 24.2 Å². The third-order valence-corrected chi connectivity index (χ3v) is 5.84. The van der Waals surface area contributed by atoms with Gasteiger partial charge < -0.3 is 14.6 Å². The van der Waals surface area contributed by atoms with Gasteiger partial charge >= 0.3 is 0 Å². The summed E-state index contributed by atoms with van der Waals surface area (Å²) in [6, 6.07) is 12.2. The minimum atomic E-state index is 0. The van der Waals surface area contributed by atoms with Crippen LogP contribution in [0, 0.1) is 5.92 Å². The first-order valence-corrected chi connectivity index (χ1v) is 9.94. The number of carbonyl (C=O) groups excluding carboxylic acids is 1. The lowest BCUT2D eigenvalue weighted by molar-refractivity contribution is 0.0654. The molecule has 0 spiro atoms. The van der Waals surface area contributed by atoms with E-state index < -0.39 is 0 Å². The maximum absolute atomic E-state index is 12.8. The second-order valence-corrected chi connectivity index (χ2v) is 7.55. The Morgan fingerprint density at radius 1 is 1.23 bits per heavy atom. The summed E-state index contributed by atoms with van der Waals surface area (Å²) in [4.78, 5) is 16.0. The van der Waals surface area contributed by atoms with E-state index in [9.17, 15) is 4.79 Å². The molecule has 1 aliphatic rings. The molecule has 0 unspecified atom stereocenters. The molecule has 3 rings (SSSR count). The SMILES string of the molecule is CNCCC1CCN(C(=O)c2occc2CSc2ccccc2)CC1.Cl. The number of hydrogen-bond donors (Lipinski definition) is 1. The topological polar surface area (TPSA) is 45.5 Å². The number of likely N-dealkylation sites (tertiary alicyclic amines) is 1. The molecule has 0 atom stereocenters. The maximum Gasteiger partial charge on any atom is 0.289 e. The zero-order valence-corrected chi connectivity index (χ0v) is 16.8. The number of amides is 1. The molecule has 0 saturated carbocycles. The molecule has 26 heavy (non-hydrogen) atoms. The van der Waals surface area contributed by atoms with E-state index in [0.717, 1.165) is 49.7 Å². The van der Waals surface area contributed by atoms with Gasteiger partial charge in [0.15, 0.2) is 5.76 Å². The number of thioether (sulfide) groups is 1. The highest BCUT2D eigenvalue weighted by atomic mass is 35.5. The van der Waals surface area contributed by atoms with E-state index in [0.29, 0.717) is 5.76 Å². The van der Waals surface area contributed by atoms with Crippen LogP contribution in [0.3, 0.4) is 0 Å². The van der Waals surface area contributed by atoms with E-state index in [-0.39, 0.29) is 18.3 Å². The maximum atomic E-state index is 12.8. The molecule has 6 heteroatoms. The zero-order chi connectivity index (χ0) is 17.5. The molecular weight excluding hydrogens is 368 g/mol. The fraction of sp³-hybridized carbons (Fsp3) is 0.450. The summed E-state index contributed by atoms with van der Waals surface area (Å²) < 4.78 is 5.55. The molecule has 0 radical (unpaired) electrons. The van der Waals surface area contributed by atoms with Crippen LogP contribution in [0.2, 0.25) is 0 Å². The Hall–Kier alpha value is -1.43. The highest BCUT2D eigenvalue weighted by Crippen LogP contribution is 2.27. The number of furan rings is 1. The van der Waals surface area contributed by atoms with Gasteiger partial charge in [0.2, 0.25) is 0 Å². The number of carbonyl (C=O) groups is 1. The van der Waals surface area contributed by atoms with Crippen LogP contribution in [0.4, 0.5) is 0 Å². The van der Waals surface area contributed by atoms with Crippen molar-refractivity contribution in [3.63, 3.8) is 0 Å². The van der Waals surface area contributed by atoms with Crippen molar-refractivity contribution < 1.29 is 9.21 Å². The Morgan fingerprint density at radius 3 is 2.65 bits per heavy atom. The molecular formula is C20H27ClN2O2S. The lowest BCUT2D eigenvalue weighted by atomic mass is 9.93. The zero-order valence-electron chi connectivity index (χ0n) is 15.1. The van der Waals surface area contributed by atoms with E-state index in [1.54, 1.807) is 18.0 Å². The van der Waals surface area contributed by atoms with E-state index >= 15 is 0 Å². The van der Waals surface area contributed by atoms with Gasteiger partial charge in [0.25, 0.3) is 5.91 Å². The third-order valence-electron chi connectivity index (χ3n) is 4.78. The standard InChI is InChI=1S/C20H26N2O2S.ClH/c1-21-11-7-16-8-12-22(13-9-16)20(23)19-17(10-14-24-19)15-25-18-5-3-2-4-6-18;/h2-6,10,14,16,21H,7-9,11-13,15H2,1H3;1H. The highest BCUT2D eigenvalue weighted by molar-refractivity contribution is 7.98. The van der Waals surface area contributed by atoms with Crippen molar-refractivity contribution in [3.05, 3.63) is 54.0 Å². The van der Waals surface area contributed by atoms with Crippen LogP contribution in [-0.4, -0.2) is 37.5 Å². The van der Waals surface area contributed by atoms with Gasteiger partial charge in [0, 0.05) is 29.3 Å². The Labute approximate surface area is 166 Å². The van der Waals surface area contributed by atoms with Crippen LogP contribution in [0.25, 0.3) is 0 Å². The number of rotatable bonds is 7. The van der Waals surface area contributed by atoms with E-state index in [2.05, 4.69) is 17.4 Å². The van der Waals surface area contributed by atoms with Gasteiger partial charge in [-0.2, -0.15) is 0 Å². The highest BCUT2D eigenvalue weighted by Gasteiger charge is 2.26. The van der Waals surface area contributed by atoms with Crippen LogP contribution in [-0.2, 0) is 5.75 Å². The number of nitrogens with zero attached hydrogens (tertiary/aromatic N) is 1. The molecule has 2 heterocycles. The molecule has 4 nitrogen and oxygen atoms in total. The number of hydrogen-bond acceptors (Lipinski definition) is 4. The fourth-order valence-electron chi connectivity index (χ4n) is 3.23. The first-order valence-electron chi connectivity index (χ1n) is 8.96. The Morgan fingerprint density at radius 2 is 1.96 bits per heavy atom. The van der Waals surface area contributed by atoms with Crippen molar-refractivity contribution in [2.45, 2.75) is 29.9 Å². The molecule has 1 saturated heterocycles. The summed E-state index contributed by atoms with van der Waals surface area (Å²) in [6.07, 6.45) is 5.00. The van der Waals surface area contributed by atoms with Crippen molar-refractivity contribution in [2.24, 2.45) is 5.92 Å². The van der Waals surface area contributed by atoms with Gasteiger partial charge in [-0.3, -0.25) is 4.79 Å². The van der Waals surface area contributed by atoms with Gasteiger partial charge in [-0.1, -0.05) is 18.2 Å². The lowest BCUT2D eigenvalue weighted by Gasteiger charge is -2.31. The van der Waals surface area contributed by atoms with E-state index in [1.165, 1.54) is 11.3 Å². The van der Waals surface area contributed by atoms with Crippen LogP contribution < -0.4 is 5.32 Å². The third kappa shape index (κ3) is 5.53. The van der Waals surface area contributed by atoms with Crippen molar-refractivity contribution in [1.82, 2.24) is 10.2 Å². The molecule has 1 aromatic heterocycles. The molecule has 1 aromatic carbocycles. The fourth-order valence-corrected chi connectivity index (χ4v) is 4.13. The van der Waals surface area contributed by atoms with Crippen LogP contribution in [0.1, 0.15) is 35.4 Å². The molecule has 1 fully saturated rings. The Kier molecular flexibility index (Phi) is 8.55. The molecule has 1 amide bonds. The summed E-state index contributed by atoms with van der Waals surface area (Å²) in [5, 5.41) is 3.21. The first kappa shape index (κ1) is 20.9. The minimum absolute atomic E-state index is 0.